The summed E-state index contributed by atoms with van der Waals surface area (Å²) in [5.74, 6) is 0.0881. The highest BCUT2D eigenvalue weighted by molar-refractivity contribution is 7.07. The first-order chi connectivity index (χ1) is 6.69. The highest BCUT2D eigenvalue weighted by Crippen LogP contribution is 2.08. The highest BCUT2D eigenvalue weighted by Gasteiger charge is 2.12. The van der Waals surface area contributed by atoms with Crippen LogP contribution in [0.5, 0.6) is 0 Å². The van der Waals surface area contributed by atoms with E-state index in [9.17, 15) is 4.79 Å². The van der Waals surface area contributed by atoms with E-state index in [1.807, 2.05) is 37.0 Å². The van der Waals surface area contributed by atoms with E-state index in [4.69, 9.17) is 0 Å². The lowest BCUT2D eigenvalue weighted by atomic mass is 10.0. The van der Waals surface area contributed by atoms with Gasteiger partial charge in [-0.25, -0.2) is 0 Å². The average molecular weight is 212 g/mol. The van der Waals surface area contributed by atoms with E-state index in [-0.39, 0.29) is 11.8 Å². The number of amides is 1. The van der Waals surface area contributed by atoms with E-state index in [1.54, 1.807) is 0 Å². The van der Waals surface area contributed by atoms with Crippen LogP contribution in [0.3, 0.4) is 0 Å². The topological polar surface area (TPSA) is 34.4 Å². The summed E-state index contributed by atoms with van der Waals surface area (Å²) < 4.78 is 1.87. The number of aromatic nitrogens is 1. The Morgan fingerprint density at radius 1 is 1.57 bits per heavy atom. The maximum absolute atomic E-state index is 11.7. The van der Waals surface area contributed by atoms with Crippen LogP contribution in [-0.2, 0) is 11.8 Å². The van der Waals surface area contributed by atoms with Gasteiger partial charge in [-0.15, -0.1) is 11.3 Å². The third-order valence-electron chi connectivity index (χ3n) is 2.30. The molecule has 1 amide bonds. The van der Waals surface area contributed by atoms with Crippen molar-refractivity contribution in [2.75, 3.05) is 0 Å². The molecular formula is C10H16N2OS. The van der Waals surface area contributed by atoms with E-state index < -0.39 is 0 Å². The molecule has 0 bridgehead atoms. The zero-order chi connectivity index (χ0) is 10.6. The van der Waals surface area contributed by atoms with Crippen LogP contribution in [0.4, 0.5) is 0 Å². The van der Waals surface area contributed by atoms with Gasteiger partial charge in [0, 0.05) is 24.5 Å². The highest BCUT2D eigenvalue weighted by atomic mass is 32.1. The minimum absolute atomic E-state index is 0.00745. The maximum atomic E-state index is 11.7. The van der Waals surface area contributed by atoms with Crippen LogP contribution in [0, 0.1) is 5.92 Å². The molecule has 14 heavy (non-hydrogen) atoms. The molecule has 0 aliphatic carbocycles. The Hall–Kier alpha value is -0.900. The van der Waals surface area contributed by atoms with Gasteiger partial charge in [0.25, 0.3) is 5.91 Å². The molecule has 0 radical (unpaired) electrons. The summed E-state index contributed by atoms with van der Waals surface area (Å²) in [5.41, 5.74) is 0. The molecule has 0 unspecified atom stereocenters. The largest absolute Gasteiger partial charge is 0.327 e. The van der Waals surface area contributed by atoms with Gasteiger partial charge in [-0.05, 0) is 12.8 Å². The predicted octanol–water partition coefficient (Wildman–Crippen LogP) is 1.95. The number of carbonyl (C=O) groups excluding carboxylic acids is 1. The zero-order valence-electron chi connectivity index (χ0n) is 8.86. The van der Waals surface area contributed by atoms with Crippen LogP contribution < -0.4 is 4.80 Å². The van der Waals surface area contributed by atoms with Gasteiger partial charge in [-0.1, -0.05) is 13.8 Å². The lowest BCUT2D eigenvalue weighted by Crippen LogP contribution is -2.17. The van der Waals surface area contributed by atoms with Crippen LogP contribution in [0.2, 0.25) is 0 Å². The van der Waals surface area contributed by atoms with Gasteiger partial charge < -0.3 is 4.57 Å². The van der Waals surface area contributed by atoms with Crippen molar-refractivity contribution in [1.82, 2.24) is 4.57 Å². The molecule has 78 valence electrons. The van der Waals surface area contributed by atoms with Crippen molar-refractivity contribution in [2.45, 2.75) is 26.7 Å². The summed E-state index contributed by atoms with van der Waals surface area (Å²) in [7, 11) is 1.90. The molecule has 0 aliphatic heterocycles. The van der Waals surface area contributed by atoms with Crippen molar-refractivity contribution in [3.63, 3.8) is 0 Å². The van der Waals surface area contributed by atoms with Crippen LogP contribution in [0.15, 0.2) is 16.6 Å². The van der Waals surface area contributed by atoms with Crippen molar-refractivity contribution in [2.24, 2.45) is 18.0 Å². The van der Waals surface area contributed by atoms with Gasteiger partial charge >= 0.3 is 0 Å². The molecule has 0 saturated carbocycles. The number of thiazole rings is 1. The zero-order valence-corrected chi connectivity index (χ0v) is 9.67. The molecule has 1 heterocycles. The summed E-state index contributed by atoms with van der Waals surface area (Å²) in [6.07, 6.45) is 3.64. The van der Waals surface area contributed by atoms with E-state index in [0.29, 0.717) is 0 Å². The van der Waals surface area contributed by atoms with Crippen LogP contribution in [0.25, 0.3) is 0 Å². The normalized spacial score (nSPS) is 12.4. The lowest BCUT2D eigenvalue weighted by molar-refractivity contribution is -0.122. The van der Waals surface area contributed by atoms with Crippen LogP contribution in [-0.4, -0.2) is 10.5 Å². The Labute approximate surface area is 88.1 Å². The summed E-state index contributed by atoms with van der Waals surface area (Å²) in [6.45, 7) is 4.05. The van der Waals surface area contributed by atoms with Gasteiger partial charge in [0.2, 0.25) is 0 Å². The quantitative estimate of drug-likeness (QED) is 0.754. The molecule has 1 aromatic rings. The second kappa shape index (κ2) is 5.10. The Balaban J connectivity index is 2.88. The number of hydrogen-bond donors (Lipinski definition) is 0. The molecule has 0 N–H and O–H groups in total. The third-order valence-corrected chi connectivity index (χ3v) is 3.15. The average Bonchev–Trinajstić information content (AvgIpc) is 2.54. The Kier molecular flexibility index (Phi) is 4.07. The first kappa shape index (κ1) is 11.2. The van der Waals surface area contributed by atoms with Gasteiger partial charge in [-0.2, -0.15) is 4.99 Å². The number of aryl methyl sites for hydroxylation is 1. The van der Waals surface area contributed by atoms with Gasteiger partial charge in [0.1, 0.15) is 0 Å². The van der Waals surface area contributed by atoms with E-state index in [2.05, 4.69) is 4.99 Å². The fraction of sp³-hybridized carbons (Fsp3) is 0.600. The molecule has 1 aromatic heterocycles. The first-order valence-corrected chi connectivity index (χ1v) is 5.75. The lowest BCUT2D eigenvalue weighted by Gasteiger charge is -2.05. The molecule has 0 fully saturated rings. The second-order valence-electron chi connectivity index (χ2n) is 3.26. The summed E-state index contributed by atoms with van der Waals surface area (Å²) in [5, 5.41) is 1.93. The van der Waals surface area contributed by atoms with Crippen molar-refractivity contribution in [3.8, 4) is 0 Å². The Morgan fingerprint density at radius 2 is 2.21 bits per heavy atom. The summed E-state index contributed by atoms with van der Waals surface area (Å²) in [6, 6.07) is 0. The summed E-state index contributed by atoms with van der Waals surface area (Å²) in [4.78, 5) is 16.5. The van der Waals surface area contributed by atoms with Crippen LogP contribution in [0.1, 0.15) is 26.7 Å². The Bertz CT molecular complexity index is 360. The monoisotopic (exact) mass is 212 g/mol. The molecule has 4 heteroatoms. The standard InChI is InChI=1S/C10H16N2OS/c1-4-8(5-2)9(13)11-10-12(3)6-7-14-10/h6-8H,4-5H2,1-3H3. The van der Waals surface area contributed by atoms with Crippen molar-refractivity contribution >= 4 is 17.2 Å². The third kappa shape index (κ3) is 2.54. The minimum Gasteiger partial charge on any atom is -0.327 e. The number of hydrogen-bond acceptors (Lipinski definition) is 2. The van der Waals surface area contributed by atoms with E-state index >= 15 is 0 Å². The molecule has 0 atom stereocenters. The fourth-order valence-corrected chi connectivity index (χ4v) is 1.99. The molecular weight excluding hydrogens is 196 g/mol. The smallest absolute Gasteiger partial charge is 0.251 e. The molecule has 3 nitrogen and oxygen atoms in total. The number of nitrogens with zero attached hydrogens (tertiary/aromatic N) is 2. The number of rotatable bonds is 3. The minimum atomic E-state index is 0.00745. The molecule has 0 spiro atoms. The number of carbonyl (C=O) groups is 1. The van der Waals surface area contributed by atoms with Crippen molar-refractivity contribution < 1.29 is 4.79 Å². The molecule has 0 aliphatic rings. The molecule has 1 rings (SSSR count). The van der Waals surface area contributed by atoms with E-state index in [0.717, 1.165) is 17.6 Å². The first-order valence-electron chi connectivity index (χ1n) is 4.87. The fourth-order valence-electron chi connectivity index (χ4n) is 1.26. The van der Waals surface area contributed by atoms with Crippen molar-refractivity contribution in [1.29, 1.82) is 0 Å². The molecule has 0 aromatic carbocycles. The second-order valence-corrected chi connectivity index (χ2v) is 4.13. The molecule has 0 saturated heterocycles. The van der Waals surface area contributed by atoms with Crippen molar-refractivity contribution in [3.05, 3.63) is 16.4 Å². The van der Waals surface area contributed by atoms with Gasteiger partial charge in [-0.3, -0.25) is 4.79 Å². The van der Waals surface area contributed by atoms with Gasteiger partial charge in [0.15, 0.2) is 4.80 Å². The summed E-state index contributed by atoms with van der Waals surface area (Å²) >= 11 is 1.49. The predicted molar refractivity (Wildman–Crippen MR) is 57.9 cm³/mol. The Morgan fingerprint density at radius 3 is 2.64 bits per heavy atom. The van der Waals surface area contributed by atoms with Crippen LogP contribution >= 0.6 is 11.3 Å². The van der Waals surface area contributed by atoms with Gasteiger partial charge in [0.05, 0.1) is 0 Å². The van der Waals surface area contributed by atoms with E-state index in [1.165, 1.54) is 11.3 Å². The SMILES string of the molecule is CCC(CC)C(=O)N=c1sccn1C. The maximum Gasteiger partial charge on any atom is 0.251 e.